The fraction of sp³-hybridized carbons (Fsp3) is 0.467. The molecule has 1 aromatic carbocycles. The zero-order valence-corrected chi connectivity index (χ0v) is 13.4. The van der Waals surface area contributed by atoms with Crippen molar-refractivity contribution in [1.82, 2.24) is 0 Å². The highest BCUT2D eigenvalue weighted by molar-refractivity contribution is 5.97. The Bertz CT molecular complexity index is 545. The summed E-state index contributed by atoms with van der Waals surface area (Å²) < 4.78 is 20.5. The molecule has 0 atom stereocenters. The van der Waals surface area contributed by atoms with Crippen LogP contribution in [0.15, 0.2) is 12.1 Å². The van der Waals surface area contributed by atoms with E-state index in [0.29, 0.717) is 13.2 Å². The summed E-state index contributed by atoms with van der Waals surface area (Å²) in [5, 5.41) is 11.7. The largest absolute Gasteiger partial charge is 0.493 e. The molecule has 0 aromatic heterocycles. The van der Waals surface area contributed by atoms with Crippen molar-refractivity contribution in [3.63, 3.8) is 0 Å². The van der Waals surface area contributed by atoms with Crippen LogP contribution in [0.2, 0.25) is 0 Å². The number of methoxy groups -OCH3 is 2. The Kier molecular flexibility index (Phi) is 7.86. The molecule has 1 amide bonds. The minimum Gasteiger partial charge on any atom is -0.493 e. The van der Waals surface area contributed by atoms with Crippen molar-refractivity contribution in [2.24, 2.45) is 0 Å². The van der Waals surface area contributed by atoms with Gasteiger partial charge in [-0.25, -0.2) is 4.79 Å². The van der Waals surface area contributed by atoms with Gasteiger partial charge in [-0.3, -0.25) is 4.79 Å². The summed E-state index contributed by atoms with van der Waals surface area (Å²) in [6, 6.07) is 2.61. The molecule has 0 unspecified atom stereocenters. The summed E-state index contributed by atoms with van der Waals surface area (Å²) in [6.07, 6.45) is 0. The molecule has 128 valence electrons. The second-order valence-corrected chi connectivity index (χ2v) is 4.36. The number of carboxylic acids is 1. The molecule has 0 radical (unpaired) electrons. The monoisotopic (exact) mass is 327 g/mol. The van der Waals surface area contributed by atoms with Crippen LogP contribution >= 0.6 is 0 Å². The Morgan fingerprint density at radius 3 is 2.39 bits per heavy atom. The van der Waals surface area contributed by atoms with Gasteiger partial charge in [0.2, 0.25) is 5.91 Å². The second-order valence-electron chi connectivity index (χ2n) is 4.36. The van der Waals surface area contributed by atoms with E-state index in [2.05, 4.69) is 5.32 Å². The van der Waals surface area contributed by atoms with Gasteiger partial charge < -0.3 is 29.4 Å². The molecule has 0 spiro atoms. The van der Waals surface area contributed by atoms with Crippen molar-refractivity contribution in [3.05, 3.63) is 17.7 Å². The van der Waals surface area contributed by atoms with Crippen LogP contribution in [0, 0.1) is 0 Å². The molecule has 0 aliphatic carbocycles. The van der Waals surface area contributed by atoms with Crippen molar-refractivity contribution in [2.45, 2.75) is 6.92 Å². The minimum atomic E-state index is -1.14. The first-order chi connectivity index (χ1) is 11.0. The fourth-order valence-electron chi connectivity index (χ4n) is 1.79. The molecular formula is C15H21NO7. The van der Waals surface area contributed by atoms with Crippen LogP contribution < -0.4 is 14.8 Å². The molecule has 0 aliphatic heterocycles. The first-order valence-electron chi connectivity index (χ1n) is 6.98. The summed E-state index contributed by atoms with van der Waals surface area (Å²) in [4.78, 5) is 23.0. The Morgan fingerprint density at radius 1 is 1.13 bits per heavy atom. The quantitative estimate of drug-likeness (QED) is 0.626. The number of hydrogen-bond donors (Lipinski definition) is 2. The number of carboxylic acid groups (broad SMARTS) is 1. The number of ether oxygens (including phenoxy) is 4. The minimum absolute atomic E-state index is 0.0322. The van der Waals surface area contributed by atoms with Gasteiger partial charge in [0.25, 0.3) is 0 Å². The molecule has 2 N–H and O–H groups in total. The van der Waals surface area contributed by atoms with Gasteiger partial charge in [-0.2, -0.15) is 0 Å². The first-order valence-corrected chi connectivity index (χ1v) is 6.98. The van der Waals surface area contributed by atoms with E-state index >= 15 is 0 Å². The van der Waals surface area contributed by atoms with Gasteiger partial charge in [0.15, 0.2) is 11.5 Å². The number of benzene rings is 1. The molecule has 23 heavy (non-hydrogen) atoms. The molecule has 0 saturated carbocycles. The van der Waals surface area contributed by atoms with Crippen LogP contribution in [0.25, 0.3) is 0 Å². The van der Waals surface area contributed by atoms with Gasteiger partial charge in [-0.1, -0.05) is 0 Å². The van der Waals surface area contributed by atoms with E-state index in [1.807, 2.05) is 6.92 Å². The Labute approximate surface area is 134 Å². The van der Waals surface area contributed by atoms with E-state index < -0.39 is 11.9 Å². The third kappa shape index (κ3) is 5.76. The standard InChI is InChI=1S/C15H21NO7/c1-4-22-5-6-23-9-13(17)16-11-7-10(15(18)19)8-12(20-2)14(11)21-3/h7-8H,4-6,9H2,1-3H3,(H,16,17)(H,18,19). The molecule has 1 rings (SSSR count). The average molecular weight is 327 g/mol. The highest BCUT2D eigenvalue weighted by Crippen LogP contribution is 2.36. The topological polar surface area (TPSA) is 103 Å². The number of aromatic carboxylic acids is 1. The first kappa shape index (κ1) is 18.7. The number of hydrogen-bond acceptors (Lipinski definition) is 6. The lowest BCUT2D eigenvalue weighted by atomic mass is 10.1. The van der Waals surface area contributed by atoms with Crippen molar-refractivity contribution < 1.29 is 33.6 Å². The third-order valence-electron chi connectivity index (χ3n) is 2.81. The Morgan fingerprint density at radius 2 is 1.83 bits per heavy atom. The second kappa shape index (κ2) is 9.65. The van der Waals surface area contributed by atoms with E-state index in [-0.39, 0.29) is 36.0 Å². The summed E-state index contributed by atoms with van der Waals surface area (Å²) in [5.41, 5.74) is 0.165. The highest BCUT2D eigenvalue weighted by Gasteiger charge is 2.17. The predicted molar refractivity (Wildman–Crippen MR) is 82.4 cm³/mol. The molecule has 0 heterocycles. The van der Waals surface area contributed by atoms with Crippen molar-refractivity contribution in [1.29, 1.82) is 0 Å². The SMILES string of the molecule is CCOCCOCC(=O)Nc1cc(C(=O)O)cc(OC)c1OC. The average Bonchev–Trinajstić information content (AvgIpc) is 2.53. The van der Waals surface area contributed by atoms with Crippen LogP contribution in [0.4, 0.5) is 5.69 Å². The number of anilines is 1. The van der Waals surface area contributed by atoms with Crippen molar-refractivity contribution >= 4 is 17.6 Å². The van der Waals surface area contributed by atoms with E-state index in [9.17, 15) is 9.59 Å². The van der Waals surface area contributed by atoms with Crippen LogP contribution in [0.3, 0.4) is 0 Å². The third-order valence-corrected chi connectivity index (χ3v) is 2.81. The summed E-state index contributed by atoms with van der Waals surface area (Å²) in [6.45, 7) is 2.94. The number of carbonyl (C=O) groups excluding carboxylic acids is 1. The summed E-state index contributed by atoms with van der Waals surface area (Å²) in [5.74, 6) is -1.14. The molecule has 1 aromatic rings. The molecule has 0 bridgehead atoms. The number of nitrogens with one attached hydrogen (secondary N) is 1. The van der Waals surface area contributed by atoms with Gasteiger partial charge in [0.05, 0.1) is 38.7 Å². The van der Waals surface area contributed by atoms with Crippen LogP contribution in [-0.4, -0.2) is 57.6 Å². The van der Waals surface area contributed by atoms with Gasteiger partial charge in [0.1, 0.15) is 6.61 Å². The fourth-order valence-corrected chi connectivity index (χ4v) is 1.79. The van der Waals surface area contributed by atoms with Crippen LogP contribution in [0.1, 0.15) is 17.3 Å². The zero-order chi connectivity index (χ0) is 17.2. The molecular weight excluding hydrogens is 306 g/mol. The number of amides is 1. The number of carbonyl (C=O) groups is 2. The van der Waals surface area contributed by atoms with E-state index in [1.54, 1.807) is 0 Å². The van der Waals surface area contributed by atoms with Gasteiger partial charge in [0, 0.05) is 6.61 Å². The predicted octanol–water partition coefficient (Wildman–Crippen LogP) is 1.39. The zero-order valence-electron chi connectivity index (χ0n) is 13.4. The molecule has 0 saturated heterocycles. The van der Waals surface area contributed by atoms with Crippen molar-refractivity contribution in [3.8, 4) is 11.5 Å². The van der Waals surface area contributed by atoms with E-state index in [0.717, 1.165) is 0 Å². The molecule has 8 heteroatoms. The normalized spacial score (nSPS) is 10.2. The summed E-state index contributed by atoms with van der Waals surface area (Å²) >= 11 is 0. The summed E-state index contributed by atoms with van der Waals surface area (Å²) in [7, 11) is 2.78. The van der Waals surface area contributed by atoms with Gasteiger partial charge in [-0.15, -0.1) is 0 Å². The van der Waals surface area contributed by atoms with Crippen molar-refractivity contribution in [2.75, 3.05) is 46.0 Å². The lowest BCUT2D eigenvalue weighted by Gasteiger charge is -2.15. The molecule has 8 nitrogen and oxygen atoms in total. The Balaban J connectivity index is 2.79. The van der Waals surface area contributed by atoms with Gasteiger partial charge in [-0.05, 0) is 19.1 Å². The van der Waals surface area contributed by atoms with E-state index in [1.165, 1.54) is 26.4 Å². The lowest BCUT2D eigenvalue weighted by molar-refractivity contribution is -0.121. The molecule has 0 aliphatic rings. The van der Waals surface area contributed by atoms with Gasteiger partial charge >= 0.3 is 5.97 Å². The maximum Gasteiger partial charge on any atom is 0.335 e. The van der Waals surface area contributed by atoms with E-state index in [4.69, 9.17) is 24.1 Å². The van der Waals surface area contributed by atoms with Crippen LogP contribution in [-0.2, 0) is 14.3 Å². The highest BCUT2D eigenvalue weighted by atomic mass is 16.5. The maximum absolute atomic E-state index is 11.9. The Hall–Kier alpha value is -2.32. The molecule has 0 fully saturated rings. The smallest absolute Gasteiger partial charge is 0.335 e. The van der Waals surface area contributed by atoms with Crippen LogP contribution in [0.5, 0.6) is 11.5 Å². The lowest BCUT2D eigenvalue weighted by Crippen LogP contribution is -2.20. The number of rotatable bonds is 10. The maximum atomic E-state index is 11.9.